The van der Waals surface area contributed by atoms with Crippen molar-refractivity contribution >= 4 is 40.3 Å². The number of allylic oxidation sites excluding steroid dienone is 6. The number of rotatable bonds is 3. The van der Waals surface area contributed by atoms with E-state index in [2.05, 4.69) is 127 Å². The molecular weight excluding hydrogens is 543 g/mol. The quantitative estimate of drug-likeness (QED) is 0.208. The zero-order valence-electron chi connectivity index (χ0n) is 23.6. The van der Waals surface area contributed by atoms with Gasteiger partial charge in [-0.25, -0.2) is 15.0 Å². The van der Waals surface area contributed by atoms with Gasteiger partial charge in [0.05, 0.1) is 0 Å². The molecule has 43 heavy (non-hydrogen) atoms. The van der Waals surface area contributed by atoms with Crippen LogP contribution in [-0.4, -0.2) is 20.2 Å². The summed E-state index contributed by atoms with van der Waals surface area (Å²) in [6.07, 6.45) is 18.5. The lowest BCUT2D eigenvalue weighted by Crippen LogP contribution is -2.32. The van der Waals surface area contributed by atoms with E-state index in [-0.39, 0.29) is 0 Å². The molecule has 9 rings (SSSR count). The van der Waals surface area contributed by atoms with E-state index in [0.29, 0.717) is 23.0 Å². The normalized spacial score (nSPS) is 22.9. The van der Waals surface area contributed by atoms with Gasteiger partial charge in [0, 0.05) is 38.7 Å². The summed E-state index contributed by atoms with van der Waals surface area (Å²) in [5, 5.41) is 5.28. The fraction of sp³-hybridized carbons (Fsp3) is 0.154. The fourth-order valence-electron chi connectivity index (χ4n) is 7.18. The number of benzene rings is 4. The summed E-state index contributed by atoms with van der Waals surface area (Å²) in [5.74, 6) is 3.41. The second-order valence-electron chi connectivity index (χ2n) is 11.9. The Bertz CT molecular complexity index is 2150. The first-order valence-electron chi connectivity index (χ1n) is 15.2. The van der Waals surface area contributed by atoms with Crippen molar-refractivity contribution in [1.82, 2.24) is 15.0 Å². The van der Waals surface area contributed by atoms with E-state index in [1.807, 2.05) is 11.8 Å². The highest BCUT2D eigenvalue weighted by molar-refractivity contribution is 8.00. The molecule has 2 heterocycles. The van der Waals surface area contributed by atoms with Crippen LogP contribution >= 0.6 is 11.8 Å². The largest absolute Gasteiger partial charge is 0.208 e. The third-order valence-corrected chi connectivity index (χ3v) is 10.7. The van der Waals surface area contributed by atoms with E-state index in [0.717, 1.165) is 46.8 Å². The van der Waals surface area contributed by atoms with Gasteiger partial charge in [0.2, 0.25) is 0 Å². The van der Waals surface area contributed by atoms with Crippen molar-refractivity contribution < 1.29 is 0 Å². The van der Waals surface area contributed by atoms with Crippen LogP contribution in [0.4, 0.5) is 0 Å². The van der Waals surface area contributed by atoms with Crippen LogP contribution in [0, 0.1) is 11.8 Å². The Morgan fingerprint density at radius 1 is 0.698 bits per heavy atom. The van der Waals surface area contributed by atoms with Crippen LogP contribution in [0.5, 0.6) is 0 Å². The van der Waals surface area contributed by atoms with E-state index in [9.17, 15) is 0 Å². The zero-order chi connectivity index (χ0) is 28.3. The van der Waals surface area contributed by atoms with Gasteiger partial charge in [-0.3, -0.25) is 0 Å². The third-order valence-electron chi connectivity index (χ3n) is 9.33. The molecule has 0 amide bonds. The van der Waals surface area contributed by atoms with Crippen LogP contribution in [0.1, 0.15) is 30.1 Å². The van der Waals surface area contributed by atoms with E-state index in [1.54, 1.807) is 0 Å². The van der Waals surface area contributed by atoms with Gasteiger partial charge in [0.1, 0.15) is 0 Å². The minimum Gasteiger partial charge on any atom is -0.208 e. The van der Waals surface area contributed by atoms with Crippen LogP contribution in [0.25, 0.3) is 51.3 Å². The van der Waals surface area contributed by atoms with Crippen molar-refractivity contribution in [2.24, 2.45) is 11.8 Å². The molecule has 3 nitrogen and oxygen atoms in total. The van der Waals surface area contributed by atoms with E-state index in [4.69, 9.17) is 15.0 Å². The van der Waals surface area contributed by atoms with Gasteiger partial charge >= 0.3 is 0 Å². The average Bonchev–Trinajstić information content (AvgIpc) is 3.43. The Balaban J connectivity index is 1.21. The first-order valence-corrected chi connectivity index (χ1v) is 16.1. The molecule has 0 saturated carbocycles. The molecule has 1 aromatic heterocycles. The first kappa shape index (κ1) is 25.0. The number of hydrogen-bond acceptors (Lipinski definition) is 4. The van der Waals surface area contributed by atoms with E-state index < -0.39 is 0 Å². The molecule has 4 heteroatoms. The zero-order valence-corrected chi connectivity index (χ0v) is 24.4. The predicted molar refractivity (Wildman–Crippen MR) is 178 cm³/mol. The lowest BCUT2D eigenvalue weighted by atomic mass is 9.76. The second kappa shape index (κ2) is 10.0. The Morgan fingerprint density at radius 2 is 1.56 bits per heavy atom. The lowest BCUT2D eigenvalue weighted by Gasteiger charge is -2.29. The summed E-state index contributed by atoms with van der Waals surface area (Å²) in [6, 6.07) is 30.4. The maximum atomic E-state index is 5.18. The van der Waals surface area contributed by atoms with Crippen molar-refractivity contribution in [3.05, 3.63) is 137 Å². The molecule has 0 radical (unpaired) electrons. The second-order valence-corrected chi connectivity index (χ2v) is 13.1. The van der Waals surface area contributed by atoms with E-state index in [1.165, 1.54) is 31.9 Å². The van der Waals surface area contributed by atoms with Gasteiger partial charge in [-0.1, -0.05) is 115 Å². The summed E-state index contributed by atoms with van der Waals surface area (Å²) < 4.78 is 0. The molecule has 0 saturated heterocycles. The van der Waals surface area contributed by atoms with Gasteiger partial charge in [0.15, 0.2) is 17.5 Å². The van der Waals surface area contributed by atoms with Crippen LogP contribution in [0.15, 0.2) is 120 Å². The molecule has 206 valence electrons. The molecule has 0 fully saturated rings. The molecule has 1 aliphatic heterocycles. The minimum absolute atomic E-state index is 0.291. The van der Waals surface area contributed by atoms with Crippen LogP contribution < -0.4 is 10.4 Å². The van der Waals surface area contributed by atoms with E-state index >= 15 is 0 Å². The third kappa shape index (κ3) is 4.24. The van der Waals surface area contributed by atoms with Gasteiger partial charge in [-0.05, 0) is 57.7 Å². The smallest absolute Gasteiger partial charge is 0.164 e. The average molecular weight is 572 g/mol. The van der Waals surface area contributed by atoms with Crippen molar-refractivity contribution in [2.75, 3.05) is 0 Å². The standard InChI is InChI=1S/C39H29N3S/c1-3-13-29-24(9-1)11-7-16-32(29)38-40-37(41-39(42-38)33-17-8-12-25-10-2-4-14-30(25)33)27-20-19-26-22-34-31-15-5-6-18-35(31)43-36(34)23-28(26)21-27/h1,3-9,11-23,25,30,34,36H,2,10H2. The predicted octanol–water partition coefficient (Wildman–Crippen LogP) is 7.73. The SMILES string of the molecule is C1=CC2CCC=CC2C(c2nc(-c3ccc4c(c3)=CC3Sc5ccccc5C3C=4)nc(-c3cccc4ccccc34)n2)=C1. The molecular formula is C39H29N3S. The highest BCUT2D eigenvalue weighted by Crippen LogP contribution is 2.47. The molecule has 5 aromatic rings. The highest BCUT2D eigenvalue weighted by atomic mass is 32.2. The van der Waals surface area contributed by atoms with Crippen LogP contribution in [0.3, 0.4) is 0 Å². The van der Waals surface area contributed by atoms with Crippen LogP contribution in [0.2, 0.25) is 0 Å². The molecule has 4 unspecified atom stereocenters. The van der Waals surface area contributed by atoms with Gasteiger partial charge in [-0.15, -0.1) is 11.8 Å². The number of nitrogens with zero attached hydrogens (tertiary/aromatic N) is 3. The lowest BCUT2D eigenvalue weighted by molar-refractivity contribution is 0.501. The molecule has 4 aromatic carbocycles. The molecule has 3 aliphatic carbocycles. The summed E-state index contributed by atoms with van der Waals surface area (Å²) in [4.78, 5) is 16.9. The van der Waals surface area contributed by atoms with Gasteiger partial charge in [0.25, 0.3) is 0 Å². The summed E-state index contributed by atoms with van der Waals surface area (Å²) in [5.41, 5.74) is 4.67. The number of fused-ring (bicyclic) bond motifs is 6. The maximum Gasteiger partial charge on any atom is 0.164 e. The minimum atomic E-state index is 0.291. The first-order chi connectivity index (χ1) is 21.3. The summed E-state index contributed by atoms with van der Waals surface area (Å²) in [7, 11) is 0. The molecule has 0 bridgehead atoms. The van der Waals surface area contributed by atoms with Gasteiger partial charge < -0.3 is 0 Å². The highest BCUT2D eigenvalue weighted by Gasteiger charge is 2.32. The Labute approximate surface area is 255 Å². The Hall–Kier alpha value is -4.54. The monoisotopic (exact) mass is 571 g/mol. The molecule has 0 spiro atoms. The molecule has 4 aliphatic rings. The van der Waals surface area contributed by atoms with Crippen LogP contribution in [-0.2, 0) is 0 Å². The Kier molecular flexibility index (Phi) is 5.83. The van der Waals surface area contributed by atoms with Crippen molar-refractivity contribution in [3.63, 3.8) is 0 Å². The summed E-state index contributed by atoms with van der Waals surface area (Å²) in [6.45, 7) is 0. The summed E-state index contributed by atoms with van der Waals surface area (Å²) >= 11 is 1.97. The number of aromatic nitrogens is 3. The van der Waals surface area contributed by atoms with Crippen molar-refractivity contribution in [3.8, 4) is 22.8 Å². The Morgan fingerprint density at radius 3 is 2.56 bits per heavy atom. The van der Waals surface area contributed by atoms with Crippen molar-refractivity contribution in [2.45, 2.75) is 28.9 Å². The number of thioether (sulfide) groups is 1. The number of hydrogen-bond donors (Lipinski definition) is 0. The molecule has 0 N–H and O–H groups in total. The molecule has 4 atom stereocenters. The topological polar surface area (TPSA) is 38.7 Å². The van der Waals surface area contributed by atoms with Crippen molar-refractivity contribution in [1.29, 1.82) is 0 Å². The maximum absolute atomic E-state index is 5.18. The fourth-order valence-corrected chi connectivity index (χ4v) is 8.56. The van der Waals surface area contributed by atoms with Gasteiger partial charge in [-0.2, -0.15) is 0 Å².